The molecular formula is C12H18N2. The molecule has 2 rings (SSSR count). The Balaban J connectivity index is 0.000000171. The van der Waals surface area contributed by atoms with Gasteiger partial charge in [0.2, 0.25) is 0 Å². The van der Waals surface area contributed by atoms with E-state index >= 15 is 0 Å². The lowest BCUT2D eigenvalue weighted by Crippen LogP contribution is -1.93. The van der Waals surface area contributed by atoms with Crippen molar-refractivity contribution in [3.63, 3.8) is 0 Å². The van der Waals surface area contributed by atoms with Gasteiger partial charge in [-0.1, -0.05) is 45.9 Å². The number of fused-ring (bicyclic) bond motifs is 1. The molecule has 1 aliphatic heterocycles. The van der Waals surface area contributed by atoms with E-state index in [1.807, 2.05) is 18.2 Å². The molecule has 0 radical (unpaired) electrons. The van der Waals surface area contributed by atoms with Crippen molar-refractivity contribution < 1.29 is 0 Å². The largest absolute Gasteiger partial charge is 0.184 e. The maximum atomic E-state index is 3.92. The fraction of sp³-hybridized carbons (Fsp3) is 0.500. The maximum absolute atomic E-state index is 3.92. The molecule has 14 heavy (non-hydrogen) atoms. The van der Waals surface area contributed by atoms with Crippen LogP contribution in [-0.2, 0) is 6.54 Å². The van der Waals surface area contributed by atoms with Crippen LogP contribution in [0.25, 0.3) is 0 Å². The van der Waals surface area contributed by atoms with Crippen LogP contribution in [0, 0.1) is 5.41 Å². The number of azo groups is 1. The molecule has 0 spiro atoms. The van der Waals surface area contributed by atoms with E-state index in [1.54, 1.807) is 0 Å². The first-order chi connectivity index (χ1) is 6.47. The molecule has 0 N–H and O–H groups in total. The van der Waals surface area contributed by atoms with Crippen LogP contribution in [0.15, 0.2) is 34.5 Å². The van der Waals surface area contributed by atoms with Crippen LogP contribution in [0.1, 0.15) is 33.3 Å². The molecule has 0 amide bonds. The van der Waals surface area contributed by atoms with Crippen molar-refractivity contribution in [2.24, 2.45) is 15.6 Å². The van der Waals surface area contributed by atoms with Gasteiger partial charge in [-0.05, 0) is 11.5 Å². The molecule has 2 nitrogen and oxygen atoms in total. The van der Waals surface area contributed by atoms with Gasteiger partial charge in [-0.25, -0.2) is 0 Å². The van der Waals surface area contributed by atoms with Crippen molar-refractivity contribution in [2.75, 3.05) is 0 Å². The second-order valence-electron chi connectivity index (χ2n) is 5.03. The lowest BCUT2D eigenvalue weighted by atomic mass is 10.0. The lowest BCUT2D eigenvalue weighted by Gasteiger charge is -2.05. The van der Waals surface area contributed by atoms with E-state index in [0.29, 0.717) is 5.41 Å². The van der Waals surface area contributed by atoms with Gasteiger partial charge in [0.1, 0.15) is 0 Å². The van der Waals surface area contributed by atoms with Gasteiger partial charge in [-0.2, -0.15) is 10.2 Å². The topological polar surface area (TPSA) is 24.7 Å². The van der Waals surface area contributed by atoms with Gasteiger partial charge in [-0.3, -0.25) is 0 Å². The van der Waals surface area contributed by atoms with Crippen LogP contribution in [0.3, 0.4) is 0 Å². The van der Waals surface area contributed by atoms with E-state index in [1.165, 1.54) is 5.56 Å². The Morgan fingerprint density at radius 3 is 2.21 bits per heavy atom. The van der Waals surface area contributed by atoms with Crippen molar-refractivity contribution in [1.82, 2.24) is 0 Å². The van der Waals surface area contributed by atoms with E-state index in [9.17, 15) is 0 Å². The molecule has 0 unspecified atom stereocenters. The minimum absolute atomic E-state index is 0.500. The third kappa shape index (κ3) is 4.17. The third-order valence-electron chi connectivity index (χ3n) is 1.41. The molecule has 2 heteroatoms. The summed E-state index contributed by atoms with van der Waals surface area (Å²) in [5.41, 5.74) is 2.76. The van der Waals surface area contributed by atoms with Crippen molar-refractivity contribution in [3.8, 4) is 0 Å². The smallest absolute Gasteiger partial charge is 0.0904 e. The van der Waals surface area contributed by atoms with Crippen LogP contribution >= 0.6 is 0 Å². The summed E-state index contributed by atoms with van der Waals surface area (Å²) in [7, 11) is 0. The second-order valence-corrected chi connectivity index (χ2v) is 5.03. The second kappa shape index (κ2) is 4.36. The van der Waals surface area contributed by atoms with Crippen molar-refractivity contribution in [1.29, 1.82) is 0 Å². The Labute approximate surface area is 86.1 Å². The molecule has 1 aliphatic rings. The molecule has 1 aromatic rings. The summed E-state index contributed by atoms with van der Waals surface area (Å²) in [4.78, 5) is 0. The number of nitrogens with zero attached hydrogens (tertiary/aromatic N) is 2. The third-order valence-corrected chi connectivity index (χ3v) is 1.41. The molecule has 1 heterocycles. The molecule has 1 aromatic carbocycles. The highest BCUT2D eigenvalue weighted by Crippen LogP contribution is 2.24. The number of hydrogen-bond acceptors (Lipinski definition) is 2. The average molecular weight is 190 g/mol. The summed E-state index contributed by atoms with van der Waals surface area (Å²) in [5.74, 6) is 0. The van der Waals surface area contributed by atoms with Crippen LogP contribution in [0.4, 0.5) is 5.69 Å². The SMILES string of the molecule is CC(C)(C)C.c1ccc2c(c1)CN=N2. The summed E-state index contributed by atoms with van der Waals surface area (Å²) in [6, 6.07) is 8.01. The molecule has 0 aliphatic carbocycles. The number of hydrogen-bond donors (Lipinski definition) is 0. The summed E-state index contributed by atoms with van der Waals surface area (Å²) in [6.45, 7) is 9.51. The molecule has 0 fully saturated rings. The number of rotatable bonds is 0. The van der Waals surface area contributed by atoms with E-state index in [4.69, 9.17) is 0 Å². The van der Waals surface area contributed by atoms with Gasteiger partial charge >= 0.3 is 0 Å². The van der Waals surface area contributed by atoms with Crippen LogP contribution in [0.5, 0.6) is 0 Å². The van der Waals surface area contributed by atoms with E-state index in [-0.39, 0.29) is 0 Å². The normalized spacial score (nSPS) is 13.1. The summed E-state index contributed by atoms with van der Waals surface area (Å²) in [5, 5.41) is 7.80. The zero-order valence-electron chi connectivity index (χ0n) is 9.41. The molecular weight excluding hydrogens is 172 g/mol. The van der Waals surface area contributed by atoms with Gasteiger partial charge in [0, 0.05) is 5.56 Å². The average Bonchev–Trinajstić information content (AvgIpc) is 2.47. The van der Waals surface area contributed by atoms with Gasteiger partial charge in [0.05, 0.1) is 12.2 Å². The Kier molecular flexibility index (Phi) is 3.39. The van der Waals surface area contributed by atoms with E-state index in [2.05, 4.69) is 44.0 Å². The number of benzene rings is 1. The minimum Gasteiger partial charge on any atom is -0.184 e. The zero-order chi connectivity index (χ0) is 10.6. The first-order valence-electron chi connectivity index (χ1n) is 4.92. The van der Waals surface area contributed by atoms with Crippen molar-refractivity contribution in [2.45, 2.75) is 34.2 Å². The lowest BCUT2D eigenvalue weighted by molar-refractivity contribution is 0.469. The van der Waals surface area contributed by atoms with Gasteiger partial charge in [0.15, 0.2) is 0 Å². The molecule has 0 saturated carbocycles. The summed E-state index contributed by atoms with van der Waals surface area (Å²) >= 11 is 0. The summed E-state index contributed by atoms with van der Waals surface area (Å²) < 4.78 is 0. The van der Waals surface area contributed by atoms with Gasteiger partial charge in [-0.15, -0.1) is 0 Å². The van der Waals surface area contributed by atoms with Crippen LogP contribution < -0.4 is 0 Å². The molecule has 76 valence electrons. The highest BCUT2D eigenvalue weighted by molar-refractivity contribution is 5.46. The fourth-order valence-corrected chi connectivity index (χ4v) is 0.930. The van der Waals surface area contributed by atoms with Crippen molar-refractivity contribution in [3.05, 3.63) is 29.8 Å². The van der Waals surface area contributed by atoms with Gasteiger partial charge in [0.25, 0.3) is 0 Å². The Hall–Kier alpha value is -1.18. The van der Waals surface area contributed by atoms with Crippen molar-refractivity contribution >= 4 is 5.69 Å². The van der Waals surface area contributed by atoms with Crippen LogP contribution in [-0.4, -0.2) is 0 Å². The maximum Gasteiger partial charge on any atom is 0.0904 e. The molecule has 0 bridgehead atoms. The quantitative estimate of drug-likeness (QED) is 0.581. The minimum atomic E-state index is 0.500. The summed E-state index contributed by atoms with van der Waals surface area (Å²) in [6.07, 6.45) is 0. The fourth-order valence-electron chi connectivity index (χ4n) is 0.930. The highest BCUT2D eigenvalue weighted by atomic mass is 15.1. The molecule has 0 saturated heterocycles. The predicted molar refractivity (Wildman–Crippen MR) is 59.8 cm³/mol. The monoisotopic (exact) mass is 190 g/mol. The molecule has 0 atom stereocenters. The first kappa shape index (κ1) is 10.9. The van der Waals surface area contributed by atoms with Crippen LogP contribution in [0.2, 0.25) is 0 Å². The van der Waals surface area contributed by atoms with E-state index in [0.717, 1.165) is 12.2 Å². The first-order valence-corrected chi connectivity index (χ1v) is 4.92. The standard InChI is InChI=1S/C7H6N2.C5H12/c1-2-4-7-6(3-1)5-8-9-7;1-5(2,3)4/h1-4H,5H2;1-4H3. The molecule has 0 aromatic heterocycles. The van der Waals surface area contributed by atoms with E-state index < -0.39 is 0 Å². The Morgan fingerprint density at radius 1 is 1.07 bits per heavy atom. The van der Waals surface area contributed by atoms with Gasteiger partial charge < -0.3 is 0 Å². The highest BCUT2D eigenvalue weighted by Gasteiger charge is 2.03. The predicted octanol–water partition coefficient (Wildman–Crippen LogP) is 4.34. The Morgan fingerprint density at radius 2 is 1.64 bits per heavy atom. The Bertz CT molecular complexity index is 315. The zero-order valence-corrected chi connectivity index (χ0v) is 9.41.